The molecule has 0 spiro atoms. The zero-order chi connectivity index (χ0) is 13.6. The second-order valence-electron chi connectivity index (χ2n) is 7.12. The van der Waals surface area contributed by atoms with Crippen molar-refractivity contribution in [2.24, 2.45) is 0 Å². The molecule has 0 amide bonds. The Bertz CT molecular complexity index is 487. The number of nitrogens with zero attached hydrogens (tertiary/aromatic N) is 1. The Morgan fingerprint density at radius 1 is 1.21 bits per heavy atom. The van der Waals surface area contributed by atoms with Gasteiger partial charge < -0.3 is 4.90 Å². The van der Waals surface area contributed by atoms with Gasteiger partial charge >= 0.3 is 0 Å². The van der Waals surface area contributed by atoms with Crippen LogP contribution in [0, 0.1) is 0 Å². The van der Waals surface area contributed by atoms with E-state index in [0.717, 1.165) is 6.54 Å². The van der Waals surface area contributed by atoms with E-state index in [1.54, 1.807) is 16.7 Å². The molecule has 2 aliphatic rings. The topological polar surface area (TPSA) is 3.24 Å². The fourth-order valence-corrected chi connectivity index (χ4v) is 4.74. The van der Waals surface area contributed by atoms with Crippen molar-refractivity contribution >= 4 is 11.8 Å². The van der Waals surface area contributed by atoms with E-state index in [2.05, 4.69) is 56.6 Å². The summed E-state index contributed by atoms with van der Waals surface area (Å²) >= 11 is 2.17. The first kappa shape index (κ1) is 13.5. The van der Waals surface area contributed by atoms with Gasteiger partial charge in [0.15, 0.2) is 0 Å². The molecule has 0 saturated carbocycles. The molecule has 1 aromatic rings. The van der Waals surface area contributed by atoms with Crippen LogP contribution in [-0.4, -0.2) is 24.2 Å². The van der Waals surface area contributed by atoms with E-state index >= 15 is 0 Å². The number of hydrogen-bond donors (Lipinski definition) is 0. The first-order valence-corrected chi connectivity index (χ1v) is 8.46. The van der Waals surface area contributed by atoms with Crippen LogP contribution in [0.4, 0.5) is 0 Å². The molecule has 19 heavy (non-hydrogen) atoms. The number of hydrogen-bond acceptors (Lipinski definition) is 2. The number of rotatable bonds is 0. The number of likely N-dealkylation sites (N-methyl/N-ethyl adjacent to an activating group) is 1. The van der Waals surface area contributed by atoms with Gasteiger partial charge in [0.1, 0.15) is 0 Å². The van der Waals surface area contributed by atoms with E-state index in [1.807, 2.05) is 0 Å². The van der Waals surface area contributed by atoms with Gasteiger partial charge in [-0.25, -0.2) is 0 Å². The summed E-state index contributed by atoms with van der Waals surface area (Å²) in [4.78, 5) is 2.49. The highest BCUT2D eigenvalue weighted by atomic mass is 32.2. The van der Waals surface area contributed by atoms with E-state index < -0.39 is 0 Å². The van der Waals surface area contributed by atoms with Crippen LogP contribution in [-0.2, 0) is 18.4 Å². The monoisotopic (exact) mass is 275 g/mol. The Morgan fingerprint density at radius 3 is 2.68 bits per heavy atom. The Labute approximate surface area is 121 Å². The highest BCUT2D eigenvalue weighted by Crippen LogP contribution is 2.43. The van der Waals surface area contributed by atoms with Crippen molar-refractivity contribution in [3.63, 3.8) is 0 Å². The van der Waals surface area contributed by atoms with Crippen LogP contribution < -0.4 is 0 Å². The highest BCUT2D eigenvalue weighted by Gasteiger charge is 2.29. The molecule has 0 radical (unpaired) electrons. The van der Waals surface area contributed by atoms with Crippen LogP contribution in [0.5, 0.6) is 0 Å². The lowest BCUT2D eigenvalue weighted by Crippen LogP contribution is -2.30. The fourth-order valence-electron chi connectivity index (χ4n) is 3.32. The summed E-state index contributed by atoms with van der Waals surface area (Å²) < 4.78 is 0. The maximum Gasteiger partial charge on any atom is 0.0430 e. The van der Waals surface area contributed by atoms with E-state index in [1.165, 1.54) is 30.7 Å². The predicted octanol–water partition coefficient (Wildman–Crippen LogP) is 4.15. The normalized spacial score (nSPS) is 23.9. The van der Waals surface area contributed by atoms with E-state index in [4.69, 9.17) is 0 Å². The van der Waals surface area contributed by atoms with Gasteiger partial charge in [0.25, 0.3) is 0 Å². The molecule has 0 bridgehead atoms. The molecular weight excluding hydrogens is 250 g/mol. The maximum atomic E-state index is 2.50. The summed E-state index contributed by atoms with van der Waals surface area (Å²) in [7, 11) is 2.26. The minimum absolute atomic E-state index is 0.260. The van der Waals surface area contributed by atoms with E-state index in [9.17, 15) is 0 Å². The summed E-state index contributed by atoms with van der Waals surface area (Å²) in [6.07, 6.45) is 2.62. The second-order valence-corrected chi connectivity index (χ2v) is 8.43. The van der Waals surface area contributed by atoms with Crippen molar-refractivity contribution < 1.29 is 0 Å². The maximum absolute atomic E-state index is 2.50. The van der Waals surface area contributed by atoms with Crippen LogP contribution >= 0.6 is 11.8 Å². The number of benzene rings is 1. The molecule has 3 rings (SSSR count). The quantitative estimate of drug-likeness (QED) is 0.700. The largest absolute Gasteiger partial charge is 0.301 e. The lowest BCUT2D eigenvalue weighted by atomic mass is 9.81. The number of aryl methyl sites for hydroxylation is 1. The molecule has 2 heteroatoms. The van der Waals surface area contributed by atoms with Crippen molar-refractivity contribution in [2.45, 2.75) is 50.8 Å². The lowest BCUT2D eigenvalue weighted by Gasteiger charge is -2.34. The molecular formula is C17H25NS. The Balaban J connectivity index is 2.14. The summed E-state index contributed by atoms with van der Waals surface area (Å²) in [6, 6.07) is 4.98. The third-order valence-corrected chi connectivity index (χ3v) is 5.68. The van der Waals surface area contributed by atoms with E-state index in [-0.39, 0.29) is 5.41 Å². The van der Waals surface area contributed by atoms with Crippen molar-refractivity contribution in [3.8, 4) is 0 Å². The van der Waals surface area contributed by atoms with Crippen molar-refractivity contribution in [3.05, 3.63) is 34.4 Å². The molecule has 0 aromatic heterocycles. The smallest absolute Gasteiger partial charge is 0.0430 e. The summed E-state index contributed by atoms with van der Waals surface area (Å²) in [6.45, 7) is 9.34. The third-order valence-electron chi connectivity index (χ3n) is 4.37. The van der Waals surface area contributed by atoms with Crippen LogP contribution in [0.3, 0.4) is 0 Å². The Morgan fingerprint density at radius 2 is 1.95 bits per heavy atom. The minimum Gasteiger partial charge on any atom is -0.301 e. The number of thioether (sulfide) groups is 1. The molecule has 0 saturated heterocycles. The van der Waals surface area contributed by atoms with Gasteiger partial charge in [-0.1, -0.05) is 32.9 Å². The third kappa shape index (κ3) is 2.57. The fraction of sp³-hybridized carbons (Fsp3) is 0.647. The molecule has 1 atom stereocenters. The molecule has 0 aliphatic carbocycles. The first-order valence-electron chi connectivity index (χ1n) is 7.41. The summed E-state index contributed by atoms with van der Waals surface area (Å²) in [5, 5.41) is 0.709. The SMILES string of the molecule is CN1Cc2cc(C(C)(C)C)cc3c2C(C1)SCCC3. The summed E-state index contributed by atoms with van der Waals surface area (Å²) in [5.74, 6) is 1.32. The van der Waals surface area contributed by atoms with Gasteiger partial charge in [-0.15, -0.1) is 0 Å². The molecule has 2 aliphatic heterocycles. The van der Waals surface area contributed by atoms with Gasteiger partial charge in [0.2, 0.25) is 0 Å². The molecule has 1 unspecified atom stereocenters. The van der Waals surface area contributed by atoms with Crippen molar-refractivity contribution in [2.75, 3.05) is 19.3 Å². The van der Waals surface area contributed by atoms with Crippen LogP contribution in [0.1, 0.15) is 54.7 Å². The average molecular weight is 275 g/mol. The molecule has 0 fully saturated rings. The molecule has 2 heterocycles. The zero-order valence-corrected chi connectivity index (χ0v) is 13.4. The summed E-state index contributed by atoms with van der Waals surface area (Å²) in [5.41, 5.74) is 6.70. The van der Waals surface area contributed by atoms with E-state index in [0.29, 0.717) is 5.25 Å². The first-order chi connectivity index (χ1) is 8.95. The minimum atomic E-state index is 0.260. The highest BCUT2D eigenvalue weighted by molar-refractivity contribution is 7.99. The lowest BCUT2D eigenvalue weighted by molar-refractivity contribution is 0.309. The van der Waals surface area contributed by atoms with Crippen LogP contribution in [0.15, 0.2) is 12.1 Å². The van der Waals surface area contributed by atoms with Crippen molar-refractivity contribution in [1.82, 2.24) is 4.90 Å². The van der Waals surface area contributed by atoms with Crippen molar-refractivity contribution in [1.29, 1.82) is 0 Å². The molecule has 1 nitrogen and oxygen atoms in total. The predicted molar refractivity (Wildman–Crippen MR) is 85.0 cm³/mol. The second kappa shape index (κ2) is 4.82. The standard InChI is InChI=1S/C17H25NS/c1-17(2,3)14-8-12-6-5-7-19-15-11-18(4)10-13(9-14)16(12)15/h8-9,15H,5-7,10-11H2,1-4H3. The zero-order valence-electron chi connectivity index (χ0n) is 12.6. The van der Waals surface area contributed by atoms with Gasteiger partial charge in [0.05, 0.1) is 0 Å². The van der Waals surface area contributed by atoms with Gasteiger partial charge in [-0.05, 0) is 53.3 Å². The van der Waals surface area contributed by atoms with Gasteiger partial charge in [0, 0.05) is 18.3 Å². The Hall–Kier alpha value is -0.470. The average Bonchev–Trinajstić information content (AvgIpc) is 2.51. The molecule has 0 N–H and O–H groups in total. The van der Waals surface area contributed by atoms with Crippen LogP contribution in [0.25, 0.3) is 0 Å². The molecule has 104 valence electrons. The van der Waals surface area contributed by atoms with Gasteiger partial charge in [-0.2, -0.15) is 11.8 Å². The Kier molecular flexibility index (Phi) is 3.43. The van der Waals surface area contributed by atoms with Crippen LogP contribution in [0.2, 0.25) is 0 Å². The molecule has 1 aromatic carbocycles. The van der Waals surface area contributed by atoms with Gasteiger partial charge in [-0.3, -0.25) is 0 Å².